The second-order valence-electron chi connectivity index (χ2n) is 6.86. The van der Waals surface area contributed by atoms with Crippen molar-refractivity contribution in [3.63, 3.8) is 0 Å². The van der Waals surface area contributed by atoms with E-state index in [0.29, 0.717) is 6.42 Å². The van der Waals surface area contributed by atoms with Gasteiger partial charge in [0.2, 0.25) is 11.3 Å². The molecule has 0 aromatic heterocycles. The molecular weight excluding hydrogens is 326 g/mol. The number of benzene rings is 1. The molecule has 2 rings (SSSR count). The molecule has 0 saturated carbocycles. The molecule has 1 amide bonds. The predicted octanol–water partition coefficient (Wildman–Crippen LogP) is 2.74. The zero-order valence-electron chi connectivity index (χ0n) is 14.9. The van der Waals surface area contributed by atoms with Gasteiger partial charge in [-0.2, -0.15) is 5.06 Å². The number of ketones is 1. The number of hydrogen-bond donors (Lipinski definition) is 1. The van der Waals surface area contributed by atoms with Crippen LogP contribution in [0.4, 0.5) is 4.79 Å². The fourth-order valence-corrected chi connectivity index (χ4v) is 2.81. The number of nitrogens with zero attached hydrogens (tertiary/aromatic N) is 1. The molecule has 1 aromatic rings. The van der Waals surface area contributed by atoms with Gasteiger partial charge in [-0.3, -0.25) is 10.0 Å². The Balaban J connectivity index is 2.48. The monoisotopic (exact) mass is 349 g/mol. The topological polar surface area (TPSA) is 93.1 Å². The highest BCUT2D eigenvalue weighted by Gasteiger charge is 2.57. The number of fused-ring (bicyclic) bond motifs is 1. The first-order chi connectivity index (χ1) is 11.6. The number of carbonyl (C=O) groups is 3. The van der Waals surface area contributed by atoms with E-state index in [9.17, 15) is 19.6 Å². The minimum atomic E-state index is -2.15. The molecule has 0 saturated heterocycles. The standard InChI is InChI=1S/C18H23NO6/c1-5-24-15(21)18(19(23)16(22)25-17(2,3)4)11-10-12-8-6-7-9-13(12)14(18)20/h6-9,23H,5,10-11H2,1-4H3. The molecule has 1 atom stereocenters. The van der Waals surface area contributed by atoms with Gasteiger partial charge in [-0.05, 0) is 46.1 Å². The van der Waals surface area contributed by atoms with E-state index < -0.39 is 29.0 Å². The largest absolute Gasteiger partial charge is 0.464 e. The highest BCUT2D eigenvalue weighted by Crippen LogP contribution is 2.34. The maximum Gasteiger partial charge on any atom is 0.435 e. The Kier molecular flexibility index (Phi) is 5.17. The number of carbonyl (C=O) groups excluding carboxylic acids is 3. The second kappa shape index (κ2) is 6.84. The number of ether oxygens (including phenoxy) is 2. The van der Waals surface area contributed by atoms with Crippen LogP contribution in [0.25, 0.3) is 0 Å². The number of aryl methyl sites for hydroxylation is 1. The SMILES string of the molecule is CCOC(=O)C1(N(O)C(=O)OC(C)(C)C)CCc2ccccc2C1=O. The van der Waals surface area contributed by atoms with Gasteiger partial charge in [0.15, 0.2) is 0 Å². The van der Waals surface area contributed by atoms with Crippen LogP contribution in [0.15, 0.2) is 24.3 Å². The van der Waals surface area contributed by atoms with Crippen molar-refractivity contribution in [3.05, 3.63) is 35.4 Å². The van der Waals surface area contributed by atoms with Gasteiger partial charge in [-0.1, -0.05) is 24.3 Å². The van der Waals surface area contributed by atoms with Crippen molar-refractivity contribution < 1.29 is 29.1 Å². The third-order valence-electron chi connectivity index (χ3n) is 3.93. The summed E-state index contributed by atoms with van der Waals surface area (Å²) in [6.07, 6.45) is -0.925. The molecule has 1 N–H and O–H groups in total. The first kappa shape index (κ1) is 18.9. The highest BCUT2D eigenvalue weighted by molar-refractivity contribution is 6.19. The lowest BCUT2D eigenvalue weighted by molar-refractivity contribution is -0.184. The Hall–Kier alpha value is -2.41. The Morgan fingerprint density at radius 2 is 1.92 bits per heavy atom. The molecule has 0 heterocycles. The molecule has 1 aliphatic rings. The Labute approximate surface area is 146 Å². The quantitative estimate of drug-likeness (QED) is 0.390. The van der Waals surface area contributed by atoms with Crippen LogP contribution in [0, 0.1) is 0 Å². The van der Waals surface area contributed by atoms with Crippen LogP contribution in [-0.2, 0) is 20.7 Å². The molecule has 0 radical (unpaired) electrons. The number of amides is 1. The zero-order valence-corrected chi connectivity index (χ0v) is 14.9. The average molecular weight is 349 g/mol. The smallest absolute Gasteiger partial charge is 0.435 e. The third-order valence-corrected chi connectivity index (χ3v) is 3.93. The summed E-state index contributed by atoms with van der Waals surface area (Å²) in [5.41, 5.74) is -2.01. The first-order valence-electron chi connectivity index (χ1n) is 8.15. The van der Waals surface area contributed by atoms with E-state index in [2.05, 4.69) is 0 Å². The summed E-state index contributed by atoms with van der Waals surface area (Å²) < 4.78 is 10.1. The summed E-state index contributed by atoms with van der Waals surface area (Å²) >= 11 is 0. The number of rotatable bonds is 3. The second-order valence-corrected chi connectivity index (χ2v) is 6.86. The molecule has 7 heteroatoms. The molecular formula is C18H23NO6. The van der Waals surface area contributed by atoms with E-state index in [4.69, 9.17) is 9.47 Å². The molecule has 25 heavy (non-hydrogen) atoms. The van der Waals surface area contributed by atoms with Gasteiger partial charge in [-0.15, -0.1) is 0 Å². The van der Waals surface area contributed by atoms with Gasteiger partial charge < -0.3 is 9.47 Å². The molecule has 0 aliphatic heterocycles. The maximum absolute atomic E-state index is 13.1. The van der Waals surface area contributed by atoms with E-state index in [-0.39, 0.29) is 23.7 Å². The number of esters is 1. The fraction of sp³-hybridized carbons (Fsp3) is 0.500. The van der Waals surface area contributed by atoms with Gasteiger partial charge in [0.1, 0.15) is 5.60 Å². The van der Waals surface area contributed by atoms with E-state index >= 15 is 0 Å². The lowest BCUT2D eigenvalue weighted by atomic mass is 9.76. The van der Waals surface area contributed by atoms with Crippen molar-refractivity contribution in [2.45, 2.75) is 51.7 Å². The summed E-state index contributed by atoms with van der Waals surface area (Å²) in [5.74, 6) is -1.65. The zero-order chi connectivity index (χ0) is 18.8. The van der Waals surface area contributed by atoms with Gasteiger partial charge >= 0.3 is 12.1 Å². The lowest BCUT2D eigenvalue weighted by Gasteiger charge is -2.39. The Morgan fingerprint density at radius 1 is 1.28 bits per heavy atom. The molecule has 0 bridgehead atoms. The number of Topliss-reactive ketones (excluding diaryl/α,β-unsaturated/α-hetero) is 1. The fourth-order valence-electron chi connectivity index (χ4n) is 2.81. The van der Waals surface area contributed by atoms with Crippen LogP contribution in [0.5, 0.6) is 0 Å². The highest BCUT2D eigenvalue weighted by atomic mass is 16.6. The van der Waals surface area contributed by atoms with Crippen molar-refractivity contribution >= 4 is 17.8 Å². The van der Waals surface area contributed by atoms with Gasteiger partial charge in [0.05, 0.1) is 6.61 Å². The third kappa shape index (κ3) is 3.51. The molecule has 0 fully saturated rings. The van der Waals surface area contributed by atoms with Crippen LogP contribution in [0.2, 0.25) is 0 Å². The van der Waals surface area contributed by atoms with E-state index in [1.54, 1.807) is 52.0 Å². The van der Waals surface area contributed by atoms with Crippen LogP contribution in [0.3, 0.4) is 0 Å². The number of hydroxylamine groups is 2. The summed E-state index contributed by atoms with van der Waals surface area (Å²) in [5, 5.41) is 10.6. The van der Waals surface area contributed by atoms with Gasteiger partial charge in [0.25, 0.3) is 0 Å². The van der Waals surface area contributed by atoms with E-state index in [0.717, 1.165) is 5.56 Å². The van der Waals surface area contributed by atoms with E-state index in [1.165, 1.54) is 0 Å². The van der Waals surface area contributed by atoms with Crippen molar-refractivity contribution in [3.8, 4) is 0 Å². The van der Waals surface area contributed by atoms with Crippen molar-refractivity contribution in [2.75, 3.05) is 6.61 Å². The van der Waals surface area contributed by atoms with Crippen LogP contribution in [-0.4, -0.2) is 45.9 Å². The normalized spacial score (nSPS) is 19.8. The van der Waals surface area contributed by atoms with Crippen molar-refractivity contribution in [1.29, 1.82) is 0 Å². The average Bonchev–Trinajstić information content (AvgIpc) is 2.54. The molecule has 0 spiro atoms. The summed E-state index contributed by atoms with van der Waals surface area (Å²) in [6.45, 7) is 6.45. The predicted molar refractivity (Wildman–Crippen MR) is 88.3 cm³/mol. The minimum Gasteiger partial charge on any atom is -0.464 e. The van der Waals surface area contributed by atoms with E-state index in [1.807, 2.05) is 0 Å². The van der Waals surface area contributed by atoms with Crippen LogP contribution >= 0.6 is 0 Å². The number of hydrogen-bond acceptors (Lipinski definition) is 6. The van der Waals surface area contributed by atoms with Crippen molar-refractivity contribution in [1.82, 2.24) is 5.06 Å². The van der Waals surface area contributed by atoms with Crippen LogP contribution in [0.1, 0.15) is 50.0 Å². The van der Waals surface area contributed by atoms with Crippen molar-refractivity contribution in [2.24, 2.45) is 0 Å². The summed E-state index contributed by atoms with van der Waals surface area (Å²) in [7, 11) is 0. The first-order valence-corrected chi connectivity index (χ1v) is 8.15. The molecule has 1 aromatic carbocycles. The molecule has 1 unspecified atom stereocenters. The summed E-state index contributed by atoms with van der Waals surface area (Å²) in [6, 6.07) is 6.78. The Bertz CT molecular complexity index is 693. The summed E-state index contributed by atoms with van der Waals surface area (Å²) in [4.78, 5) is 38.0. The van der Waals surface area contributed by atoms with Gasteiger partial charge in [0, 0.05) is 5.56 Å². The minimum absolute atomic E-state index is 0.0116. The van der Waals surface area contributed by atoms with Crippen LogP contribution < -0.4 is 0 Å². The molecule has 136 valence electrons. The Morgan fingerprint density at radius 3 is 2.52 bits per heavy atom. The maximum atomic E-state index is 13.1. The lowest BCUT2D eigenvalue weighted by Crippen LogP contribution is -2.63. The van der Waals surface area contributed by atoms with Gasteiger partial charge in [-0.25, -0.2) is 9.59 Å². The molecule has 1 aliphatic carbocycles. The molecule has 7 nitrogen and oxygen atoms in total.